The zero-order valence-electron chi connectivity index (χ0n) is 19.2. The average Bonchev–Trinajstić information content (AvgIpc) is 3.23. The monoisotopic (exact) mass is 434 g/mol. The third-order valence-electron chi connectivity index (χ3n) is 6.14. The van der Waals surface area contributed by atoms with E-state index in [1.807, 2.05) is 37.8 Å². The molecule has 3 aliphatic heterocycles. The fourth-order valence-corrected chi connectivity index (χ4v) is 4.38. The minimum absolute atomic E-state index is 0.104. The highest BCUT2D eigenvalue weighted by molar-refractivity contribution is 6.19. The Bertz CT molecular complexity index is 1050. The molecule has 0 radical (unpaired) electrons. The number of amides is 1. The van der Waals surface area contributed by atoms with Crippen molar-refractivity contribution in [1.29, 1.82) is 0 Å². The molecule has 3 aliphatic rings. The van der Waals surface area contributed by atoms with Crippen molar-refractivity contribution in [2.75, 3.05) is 61.4 Å². The number of carbonyl (C=O) groups is 1. The summed E-state index contributed by atoms with van der Waals surface area (Å²) in [5.74, 6) is 1.67. The summed E-state index contributed by atoms with van der Waals surface area (Å²) >= 11 is 0. The lowest BCUT2D eigenvalue weighted by Gasteiger charge is -2.42. The Morgan fingerprint density at radius 3 is 2.41 bits per heavy atom. The van der Waals surface area contributed by atoms with Gasteiger partial charge in [0, 0.05) is 55.8 Å². The van der Waals surface area contributed by atoms with Crippen LogP contribution in [-0.4, -0.2) is 83.5 Å². The number of carbonyl (C=O) groups excluding carboxylic acids is 1. The predicted octanol–water partition coefficient (Wildman–Crippen LogP) is 2.40. The van der Waals surface area contributed by atoms with Gasteiger partial charge in [-0.05, 0) is 52.1 Å². The minimum atomic E-state index is -0.376. The number of nitrogens with one attached hydrogen (secondary N) is 1. The van der Waals surface area contributed by atoms with Crippen molar-refractivity contribution >= 4 is 35.0 Å². The molecule has 32 heavy (non-hydrogen) atoms. The molecule has 1 N–H and O–H groups in total. The summed E-state index contributed by atoms with van der Waals surface area (Å²) < 4.78 is 0. The molecule has 0 unspecified atom stereocenters. The van der Waals surface area contributed by atoms with E-state index in [2.05, 4.69) is 44.3 Å². The van der Waals surface area contributed by atoms with Crippen LogP contribution in [0.15, 0.2) is 35.5 Å². The summed E-state index contributed by atoms with van der Waals surface area (Å²) in [5, 5.41) is 3.29. The zero-order chi connectivity index (χ0) is 22.5. The van der Waals surface area contributed by atoms with E-state index >= 15 is 0 Å². The van der Waals surface area contributed by atoms with E-state index in [9.17, 15) is 4.79 Å². The van der Waals surface area contributed by atoms with Crippen LogP contribution in [0.1, 0.15) is 31.1 Å². The Morgan fingerprint density at radius 1 is 1.00 bits per heavy atom. The fraction of sp³-hybridized carbons (Fsp3) is 0.478. The molecule has 2 aromatic rings. The Morgan fingerprint density at radius 2 is 1.72 bits per heavy atom. The number of likely N-dealkylation sites (N-methyl/N-ethyl adjacent to an activating group) is 1. The Labute approximate surface area is 188 Å². The molecule has 168 valence electrons. The first-order valence-electron chi connectivity index (χ1n) is 11.2. The molecule has 0 saturated carbocycles. The summed E-state index contributed by atoms with van der Waals surface area (Å²) in [6, 6.07) is 8.35. The van der Waals surface area contributed by atoms with Gasteiger partial charge in [-0.2, -0.15) is 4.98 Å². The first kappa shape index (κ1) is 20.7. The molecule has 0 spiro atoms. The summed E-state index contributed by atoms with van der Waals surface area (Å²) in [4.78, 5) is 35.4. The van der Waals surface area contributed by atoms with Crippen molar-refractivity contribution in [2.45, 2.75) is 26.3 Å². The lowest BCUT2D eigenvalue weighted by molar-refractivity contribution is 0.0739. The molecule has 5 rings (SSSR count). The minimum Gasteiger partial charge on any atom is -0.369 e. The van der Waals surface area contributed by atoms with Gasteiger partial charge in [0.25, 0.3) is 5.91 Å². The van der Waals surface area contributed by atoms with Gasteiger partial charge in [0.05, 0.1) is 6.54 Å². The number of hydrogen-bond donors (Lipinski definition) is 1. The summed E-state index contributed by atoms with van der Waals surface area (Å²) in [7, 11) is 2.16. The van der Waals surface area contributed by atoms with Gasteiger partial charge in [-0.3, -0.25) is 19.6 Å². The zero-order valence-corrected chi connectivity index (χ0v) is 19.2. The number of fused-ring (bicyclic) bond motifs is 3. The van der Waals surface area contributed by atoms with Crippen LogP contribution >= 0.6 is 0 Å². The Balaban J connectivity index is 1.37. The highest BCUT2D eigenvalue weighted by Gasteiger charge is 2.43. The molecule has 1 saturated heterocycles. The number of nitrogens with zero attached hydrogens (tertiary/aromatic N) is 7. The number of benzene rings is 1. The van der Waals surface area contributed by atoms with E-state index in [0.717, 1.165) is 31.9 Å². The van der Waals surface area contributed by atoms with Crippen LogP contribution in [0.2, 0.25) is 0 Å². The van der Waals surface area contributed by atoms with Crippen LogP contribution in [-0.2, 0) is 0 Å². The van der Waals surface area contributed by atoms with Crippen molar-refractivity contribution in [1.82, 2.24) is 19.8 Å². The maximum atomic E-state index is 13.2. The second-order valence-corrected chi connectivity index (χ2v) is 9.54. The van der Waals surface area contributed by atoms with E-state index < -0.39 is 0 Å². The maximum Gasteiger partial charge on any atom is 0.266 e. The largest absolute Gasteiger partial charge is 0.369 e. The van der Waals surface area contributed by atoms with E-state index in [0.29, 0.717) is 36.4 Å². The quantitative estimate of drug-likeness (QED) is 0.795. The third kappa shape index (κ3) is 3.66. The van der Waals surface area contributed by atoms with Crippen molar-refractivity contribution in [2.24, 2.45) is 4.99 Å². The molecule has 9 heteroatoms. The van der Waals surface area contributed by atoms with Gasteiger partial charge in [0.2, 0.25) is 11.9 Å². The van der Waals surface area contributed by atoms with Crippen LogP contribution in [0, 0.1) is 0 Å². The van der Waals surface area contributed by atoms with E-state index in [4.69, 9.17) is 4.98 Å². The van der Waals surface area contributed by atoms with Gasteiger partial charge in [-0.15, -0.1) is 0 Å². The predicted molar refractivity (Wildman–Crippen MR) is 127 cm³/mol. The first-order valence-corrected chi connectivity index (χ1v) is 11.2. The van der Waals surface area contributed by atoms with E-state index in [-0.39, 0.29) is 11.4 Å². The number of hydrogen-bond acceptors (Lipinski definition) is 8. The van der Waals surface area contributed by atoms with Crippen LogP contribution in [0.4, 0.5) is 23.1 Å². The first-order chi connectivity index (χ1) is 15.3. The summed E-state index contributed by atoms with van der Waals surface area (Å²) in [6.07, 6.45) is 1.62. The van der Waals surface area contributed by atoms with Gasteiger partial charge in [-0.1, -0.05) is 0 Å². The smallest absolute Gasteiger partial charge is 0.266 e. The highest BCUT2D eigenvalue weighted by atomic mass is 16.2. The molecule has 0 aliphatic carbocycles. The van der Waals surface area contributed by atoms with E-state index in [1.54, 1.807) is 11.1 Å². The molecule has 4 heterocycles. The number of rotatable bonds is 3. The number of piperazine rings is 1. The van der Waals surface area contributed by atoms with Crippen molar-refractivity contribution in [3.05, 3.63) is 36.0 Å². The van der Waals surface area contributed by atoms with Crippen LogP contribution in [0.5, 0.6) is 0 Å². The lowest BCUT2D eigenvalue weighted by atomic mass is 10.0. The Hall–Kier alpha value is -3.20. The molecule has 0 bridgehead atoms. The molecular weight excluding hydrogens is 404 g/mol. The van der Waals surface area contributed by atoms with Crippen molar-refractivity contribution in [3.63, 3.8) is 0 Å². The molecular formula is C23H30N8O. The SMILES string of the molecule is CN1CCN(c2ccc(Nc3ncc4c(n3)N3CCN=C3N(C(C)(C)C)C4=O)cc2)CC1. The van der Waals surface area contributed by atoms with Gasteiger partial charge in [0.1, 0.15) is 5.56 Å². The van der Waals surface area contributed by atoms with Gasteiger partial charge in [0.15, 0.2) is 5.82 Å². The van der Waals surface area contributed by atoms with Crippen LogP contribution in [0.25, 0.3) is 0 Å². The highest BCUT2D eigenvalue weighted by Crippen LogP contribution is 2.33. The molecule has 1 aromatic carbocycles. The second kappa shape index (κ2) is 7.74. The number of anilines is 4. The molecule has 0 atom stereocenters. The summed E-state index contributed by atoms with van der Waals surface area (Å²) in [6.45, 7) is 11.6. The maximum absolute atomic E-state index is 13.2. The molecule has 1 fully saturated rings. The molecule has 9 nitrogen and oxygen atoms in total. The third-order valence-corrected chi connectivity index (χ3v) is 6.14. The number of aromatic nitrogens is 2. The normalized spacial score (nSPS) is 19.1. The molecule has 1 amide bonds. The topological polar surface area (TPSA) is 80.2 Å². The summed E-state index contributed by atoms with van der Waals surface area (Å²) in [5.41, 5.74) is 2.27. The van der Waals surface area contributed by atoms with Crippen molar-refractivity contribution in [3.8, 4) is 0 Å². The standard InChI is InChI=1S/C23H30N8O/c1-23(2,3)31-20(32)18-15-25-21(27-19(18)30-10-9-24-22(30)31)26-16-5-7-17(8-6-16)29-13-11-28(4)12-14-29/h5-8,15H,9-14H2,1-4H3,(H,25,26,27). The van der Waals surface area contributed by atoms with E-state index in [1.165, 1.54) is 5.69 Å². The van der Waals surface area contributed by atoms with Crippen LogP contribution in [0.3, 0.4) is 0 Å². The van der Waals surface area contributed by atoms with Crippen LogP contribution < -0.4 is 15.1 Å². The number of guanidine groups is 1. The average molecular weight is 435 g/mol. The number of aliphatic imine (C=N–C) groups is 1. The van der Waals surface area contributed by atoms with Crippen molar-refractivity contribution < 1.29 is 4.79 Å². The lowest BCUT2D eigenvalue weighted by Crippen LogP contribution is -2.57. The second-order valence-electron chi connectivity index (χ2n) is 9.54. The fourth-order valence-electron chi connectivity index (χ4n) is 4.38. The Kier molecular flexibility index (Phi) is 5.00. The van der Waals surface area contributed by atoms with Gasteiger partial charge < -0.3 is 15.1 Å². The molecule has 1 aromatic heterocycles. The van der Waals surface area contributed by atoms with Gasteiger partial charge >= 0.3 is 0 Å². The van der Waals surface area contributed by atoms with Gasteiger partial charge in [-0.25, -0.2) is 4.98 Å².